The zero-order chi connectivity index (χ0) is 22.0. The zero-order valence-corrected chi connectivity index (χ0v) is 16.9. The van der Waals surface area contributed by atoms with Crippen molar-refractivity contribution in [2.24, 2.45) is 0 Å². The Balaban J connectivity index is 1.56. The molecule has 9 heteroatoms. The molecule has 0 aliphatic rings. The maximum Gasteiger partial charge on any atom is 0.290 e. The number of halogens is 1. The summed E-state index contributed by atoms with van der Waals surface area (Å²) in [5.41, 5.74) is 1.86. The van der Waals surface area contributed by atoms with Crippen molar-refractivity contribution in [1.82, 2.24) is 25.1 Å². The highest BCUT2D eigenvalue weighted by atomic mass is 19.1. The fourth-order valence-electron chi connectivity index (χ4n) is 3.25. The summed E-state index contributed by atoms with van der Waals surface area (Å²) >= 11 is 0. The number of rotatable bonds is 6. The van der Waals surface area contributed by atoms with Gasteiger partial charge in [0.1, 0.15) is 17.1 Å². The number of H-pyrrole nitrogens is 1. The SMILES string of the molecule is COc1ccc([C@H](C)NC(=O)Cc2n[nH]c(=O)c3cc(-c4ccc(F)cc4)nn23)cc1. The number of nitrogens with one attached hydrogen (secondary N) is 2. The van der Waals surface area contributed by atoms with Crippen LogP contribution in [0.5, 0.6) is 5.75 Å². The molecule has 4 aromatic rings. The number of ether oxygens (including phenoxy) is 1. The van der Waals surface area contributed by atoms with Crippen LogP contribution in [0.2, 0.25) is 0 Å². The van der Waals surface area contributed by atoms with Crippen LogP contribution in [0.25, 0.3) is 16.8 Å². The number of fused-ring (bicyclic) bond motifs is 1. The van der Waals surface area contributed by atoms with Crippen molar-refractivity contribution < 1.29 is 13.9 Å². The summed E-state index contributed by atoms with van der Waals surface area (Å²) in [5.74, 6) is 0.374. The number of benzene rings is 2. The number of carbonyl (C=O) groups is 1. The van der Waals surface area contributed by atoms with Gasteiger partial charge >= 0.3 is 0 Å². The minimum Gasteiger partial charge on any atom is -0.497 e. The molecular formula is C22H20FN5O3. The topological polar surface area (TPSA) is 101 Å². The summed E-state index contributed by atoms with van der Waals surface area (Å²) in [7, 11) is 1.59. The summed E-state index contributed by atoms with van der Waals surface area (Å²) in [6, 6.07) is 14.5. The van der Waals surface area contributed by atoms with Gasteiger partial charge in [0.2, 0.25) is 5.91 Å². The first-order chi connectivity index (χ1) is 14.9. The molecule has 2 aromatic heterocycles. The van der Waals surface area contributed by atoms with Crippen molar-refractivity contribution in [1.29, 1.82) is 0 Å². The van der Waals surface area contributed by atoms with Gasteiger partial charge in [-0.2, -0.15) is 10.2 Å². The smallest absolute Gasteiger partial charge is 0.290 e. The number of amides is 1. The monoisotopic (exact) mass is 421 g/mol. The number of nitrogens with zero attached hydrogens (tertiary/aromatic N) is 3. The Labute approximate surface area is 176 Å². The van der Waals surface area contributed by atoms with Crippen molar-refractivity contribution in [2.45, 2.75) is 19.4 Å². The fourth-order valence-corrected chi connectivity index (χ4v) is 3.25. The molecule has 0 spiro atoms. The summed E-state index contributed by atoms with van der Waals surface area (Å²) in [5, 5.41) is 13.7. The molecule has 0 saturated heterocycles. The summed E-state index contributed by atoms with van der Waals surface area (Å²) < 4.78 is 19.7. The van der Waals surface area contributed by atoms with E-state index in [0.717, 1.165) is 11.3 Å². The molecule has 0 aliphatic carbocycles. The van der Waals surface area contributed by atoms with Crippen LogP contribution in [-0.4, -0.2) is 32.8 Å². The molecule has 2 heterocycles. The predicted octanol–water partition coefficient (Wildman–Crippen LogP) is 2.65. The Kier molecular flexibility index (Phi) is 5.48. The van der Waals surface area contributed by atoms with Gasteiger partial charge in [0.05, 0.1) is 25.3 Å². The Morgan fingerprint density at radius 3 is 2.58 bits per heavy atom. The first-order valence-corrected chi connectivity index (χ1v) is 9.61. The van der Waals surface area contributed by atoms with Crippen LogP contribution in [0.15, 0.2) is 59.4 Å². The molecule has 0 fully saturated rings. The third kappa shape index (κ3) is 4.30. The van der Waals surface area contributed by atoms with Crippen molar-refractivity contribution in [2.75, 3.05) is 7.11 Å². The second kappa shape index (κ2) is 8.39. The van der Waals surface area contributed by atoms with Crippen LogP contribution in [0, 0.1) is 5.82 Å². The number of aromatic nitrogens is 4. The molecule has 0 radical (unpaired) electrons. The highest BCUT2D eigenvalue weighted by molar-refractivity contribution is 5.78. The van der Waals surface area contributed by atoms with E-state index in [9.17, 15) is 14.0 Å². The summed E-state index contributed by atoms with van der Waals surface area (Å²) in [6.45, 7) is 1.87. The van der Waals surface area contributed by atoms with Gasteiger partial charge in [0.15, 0.2) is 5.82 Å². The molecule has 158 valence electrons. The summed E-state index contributed by atoms with van der Waals surface area (Å²) in [4.78, 5) is 24.8. The maximum absolute atomic E-state index is 13.2. The van der Waals surface area contributed by atoms with Gasteiger partial charge in [0, 0.05) is 5.56 Å². The maximum atomic E-state index is 13.2. The van der Waals surface area contributed by atoms with E-state index in [-0.39, 0.29) is 35.5 Å². The molecule has 4 rings (SSSR count). The average molecular weight is 421 g/mol. The minimum atomic E-state index is -0.434. The third-order valence-corrected chi connectivity index (χ3v) is 4.92. The second-order valence-electron chi connectivity index (χ2n) is 7.04. The molecule has 8 nitrogen and oxygen atoms in total. The molecule has 2 aromatic carbocycles. The van der Waals surface area contributed by atoms with Crippen LogP contribution < -0.4 is 15.6 Å². The van der Waals surface area contributed by atoms with Crippen molar-refractivity contribution >= 4 is 11.4 Å². The number of methoxy groups -OCH3 is 1. The quantitative estimate of drug-likeness (QED) is 0.498. The molecule has 2 N–H and O–H groups in total. The molecule has 0 bridgehead atoms. The second-order valence-corrected chi connectivity index (χ2v) is 7.04. The van der Waals surface area contributed by atoms with Gasteiger partial charge in [-0.25, -0.2) is 14.0 Å². The number of carbonyl (C=O) groups excluding carboxylic acids is 1. The molecule has 0 saturated carbocycles. The van der Waals surface area contributed by atoms with Crippen molar-refractivity contribution in [3.8, 4) is 17.0 Å². The number of hydrogen-bond donors (Lipinski definition) is 2. The van der Waals surface area contributed by atoms with Crippen molar-refractivity contribution in [3.05, 3.63) is 82.2 Å². The normalized spacial score (nSPS) is 12.0. The lowest BCUT2D eigenvalue weighted by Gasteiger charge is -2.14. The van der Waals surface area contributed by atoms with E-state index in [1.807, 2.05) is 31.2 Å². The van der Waals surface area contributed by atoms with E-state index in [1.165, 1.54) is 16.6 Å². The lowest BCUT2D eigenvalue weighted by atomic mass is 10.1. The molecule has 1 atom stereocenters. The first kappa shape index (κ1) is 20.3. The van der Waals surface area contributed by atoms with E-state index in [4.69, 9.17) is 4.74 Å². The standard InChI is InChI=1S/C22H20FN5O3/c1-13(14-5-9-17(31-2)10-6-14)24-21(29)12-20-25-26-22(30)19-11-18(27-28(19)20)15-3-7-16(23)8-4-15/h3-11,13H,12H2,1-2H3,(H,24,29)(H,26,30)/t13-/m0/s1. The van der Waals surface area contributed by atoms with E-state index in [0.29, 0.717) is 11.3 Å². The van der Waals surface area contributed by atoms with E-state index in [1.54, 1.807) is 25.3 Å². The largest absolute Gasteiger partial charge is 0.497 e. The van der Waals surface area contributed by atoms with Crippen LogP contribution in [0.3, 0.4) is 0 Å². The lowest BCUT2D eigenvalue weighted by molar-refractivity contribution is -0.121. The molecular weight excluding hydrogens is 401 g/mol. The highest BCUT2D eigenvalue weighted by Crippen LogP contribution is 2.20. The van der Waals surface area contributed by atoms with Gasteiger partial charge in [-0.3, -0.25) is 9.59 Å². The average Bonchev–Trinajstić information content (AvgIpc) is 3.23. The molecule has 1 amide bonds. The lowest BCUT2D eigenvalue weighted by Crippen LogP contribution is -2.30. The molecule has 0 aliphatic heterocycles. The number of aromatic amines is 1. The zero-order valence-electron chi connectivity index (χ0n) is 16.9. The highest BCUT2D eigenvalue weighted by Gasteiger charge is 2.16. The Morgan fingerprint density at radius 1 is 1.19 bits per heavy atom. The molecule has 31 heavy (non-hydrogen) atoms. The van der Waals surface area contributed by atoms with E-state index in [2.05, 4.69) is 20.6 Å². The summed E-state index contributed by atoms with van der Waals surface area (Å²) in [6.07, 6.45) is -0.0850. The van der Waals surface area contributed by atoms with Gasteiger partial charge in [-0.1, -0.05) is 12.1 Å². The third-order valence-electron chi connectivity index (χ3n) is 4.92. The van der Waals surface area contributed by atoms with Gasteiger partial charge in [-0.05, 0) is 55.0 Å². The van der Waals surface area contributed by atoms with Gasteiger partial charge in [-0.15, -0.1) is 0 Å². The Hall–Kier alpha value is -4.01. The van der Waals surface area contributed by atoms with Gasteiger partial charge < -0.3 is 10.1 Å². The van der Waals surface area contributed by atoms with Gasteiger partial charge in [0.25, 0.3) is 5.56 Å². The number of hydrogen-bond acceptors (Lipinski definition) is 5. The van der Waals surface area contributed by atoms with Crippen LogP contribution >= 0.6 is 0 Å². The fraction of sp³-hybridized carbons (Fsp3) is 0.182. The van der Waals surface area contributed by atoms with E-state index >= 15 is 0 Å². The predicted molar refractivity (Wildman–Crippen MR) is 112 cm³/mol. The Morgan fingerprint density at radius 2 is 1.90 bits per heavy atom. The molecule has 0 unspecified atom stereocenters. The van der Waals surface area contributed by atoms with E-state index < -0.39 is 5.56 Å². The van der Waals surface area contributed by atoms with Crippen LogP contribution in [-0.2, 0) is 11.2 Å². The van der Waals surface area contributed by atoms with Crippen molar-refractivity contribution in [3.63, 3.8) is 0 Å². The Bertz CT molecular complexity index is 1280. The van der Waals surface area contributed by atoms with Crippen LogP contribution in [0.1, 0.15) is 24.4 Å². The first-order valence-electron chi connectivity index (χ1n) is 9.61. The minimum absolute atomic E-state index is 0.0850. The van der Waals surface area contributed by atoms with Crippen LogP contribution in [0.4, 0.5) is 4.39 Å².